The average Bonchev–Trinajstić information content (AvgIpc) is 2.97. The molecule has 1 aromatic heterocycles. The monoisotopic (exact) mass is 482 g/mol. The lowest BCUT2D eigenvalue weighted by atomic mass is 10.1. The van der Waals surface area contributed by atoms with Crippen molar-refractivity contribution in [3.63, 3.8) is 0 Å². The number of nitrogens with one attached hydrogen (secondary N) is 1. The first kappa shape index (κ1) is 24.2. The maximum absolute atomic E-state index is 13.1. The number of amides is 2. The van der Waals surface area contributed by atoms with E-state index in [2.05, 4.69) is 24.7 Å². The molecular weight excluding hydrogens is 465 g/mol. The van der Waals surface area contributed by atoms with Crippen molar-refractivity contribution in [1.82, 2.24) is 14.8 Å². The number of carbonyl (C=O) groups excluding carboxylic acids is 1. The lowest BCUT2D eigenvalue weighted by Crippen LogP contribution is -2.49. The molecule has 12 heteroatoms. The first-order valence-electron chi connectivity index (χ1n) is 8.66. The Kier molecular flexibility index (Phi) is 7.93. The average molecular weight is 484 g/mol. The fourth-order valence-electron chi connectivity index (χ4n) is 3.12. The van der Waals surface area contributed by atoms with Crippen LogP contribution in [0.25, 0.3) is 0 Å². The summed E-state index contributed by atoms with van der Waals surface area (Å²) < 4.78 is 35.1. The van der Waals surface area contributed by atoms with E-state index < -0.39 is 6.29 Å². The fourth-order valence-corrected chi connectivity index (χ4v) is 3.28. The highest BCUT2D eigenvalue weighted by Crippen LogP contribution is 2.41. The van der Waals surface area contributed by atoms with Gasteiger partial charge in [0.05, 0.1) is 16.9 Å². The van der Waals surface area contributed by atoms with Crippen molar-refractivity contribution in [2.75, 3.05) is 31.5 Å². The van der Waals surface area contributed by atoms with E-state index in [0.717, 1.165) is 5.56 Å². The molecule has 0 spiro atoms. The number of benzene rings is 1. The molecule has 7 nitrogen and oxygen atoms in total. The van der Waals surface area contributed by atoms with Crippen LogP contribution in [-0.2, 0) is 6.54 Å². The van der Waals surface area contributed by atoms with Crippen molar-refractivity contribution in [2.24, 2.45) is 0 Å². The Labute approximate surface area is 189 Å². The van der Waals surface area contributed by atoms with Gasteiger partial charge < -0.3 is 19.7 Å². The van der Waals surface area contributed by atoms with Gasteiger partial charge in [-0.05, 0) is 23.8 Å². The summed E-state index contributed by atoms with van der Waals surface area (Å²) in [6.45, 7) is 2.93. The normalized spacial score (nSPS) is 17.0. The highest BCUT2D eigenvalue weighted by Gasteiger charge is 2.43. The predicted octanol–water partition coefficient (Wildman–Crippen LogP) is 4.25. The molecule has 1 fully saturated rings. The minimum atomic E-state index is -3.61. The molecule has 3 heterocycles. The molecular formula is C18H19Cl3F2N4O3. The van der Waals surface area contributed by atoms with E-state index in [1.165, 1.54) is 12.3 Å². The summed E-state index contributed by atoms with van der Waals surface area (Å²) in [5.41, 5.74) is 1.30. The van der Waals surface area contributed by atoms with Gasteiger partial charge in [-0.1, -0.05) is 17.7 Å². The van der Waals surface area contributed by atoms with Gasteiger partial charge in [0.25, 0.3) is 0 Å². The number of fused-ring (bicyclic) bond motifs is 1. The summed E-state index contributed by atoms with van der Waals surface area (Å²) in [4.78, 5) is 20.2. The lowest BCUT2D eigenvalue weighted by Gasteiger charge is -2.34. The van der Waals surface area contributed by atoms with Crippen LogP contribution in [0.15, 0.2) is 36.7 Å². The Morgan fingerprint density at radius 3 is 2.53 bits per heavy atom. The second-order valence-electron chi connectivity index (χ2n) is 6.50. The number of aromatic nitrogens is 1. The summed E-state index contributed by atoms with van der Waals surface area (Å²) in [7, 11) is 0. The number of anilines is 1. The number of ether oxygens (including phenoxy) is 2. The largest absolute Gasteiger partial charge is 0.586 e. The highest BCUT2D eigenvalue weighted by molar-refractivity contribution is 6.33. The maximum Gasteiger partial charge on any atom is 0.586 e. The zero-order chi connectivity index (χ0) is 19.7. The standard InChI is InChI=1S/C18H17ClF2N4O3.2ClH/c19-13-3-4-22-10-14(13)23-17(26)25-7-5-24(6-8-25)11-12-1-2-15-16(9-12)28-18(20,21)27-15;;/h1-4,9-10H,5-8,11H2,(H,23,26);2*1H. The zero-order valence-corrected chi connectivity index (χ0v) is 17.9. The summed E-state index contributed by atoms with van der Waals surface area (Å²) in [5, 5.41) is 3.18. The van der Waals surface area contributed by atoms with Gasteiger partial charge >= 0.3 is 12.3 Å². The van der Waals surface area contributed by atoms with Crippen molar-refractivity contribution >= 4 is 48.1 Å². The Bertz CT molecular complexity index is 899. The molecule has 2 aromatic rings. The number of hydrogen-bond acceptors (Lipinski definition) is 5. The predicted molar refractivity (Wildman–Crippen MR) is 112 cm³/mol. The van der Waals surface area contributed by atoms with Gasteiger partial charge in [0.1, 0.15) is 0 Å². The van der Waals surface area contributed by atoms with Gasteiger partial charge in [-0.3, -0.25) is 9.88 Å². The van der Waals surface area contributed by atoms with Gasteiger partial charge in [-0.2, -0.15) is 0 Å². The van der Waals surface area contributed by atoms with Gasteiger partial charge in [0, 0.05) is 38.9 Å². The van der Waals surface area contributed by atoms with Gasteiger partial charge in [-0.25, -0.2) is 4.79 Å². The molecule has 0 bridgehead atoms. The van der Waals surface area contributed by atoms with E-state index in [1.807, 2.05) is 0 Å². The molecule has 0 saturated carbocycles. The first-order chi connectivity index (χ1) is 13.4. The molecule has 1 aromatic carbocycles. The molecule has 2 amide bonds. The smallest absolute Gasteiger partial charge is 0.395 e. The molecule has 0 radical (unpaired) electrons. The van der Waals surface area contributed by atoms with E-state index in [4.69, 9.17) is 11.6 Å². The van der Waals surface area contributed by atoms with Crippen LogP contribution in [-0.4, -0.2) is 53.3 Å². The number of urea groups is 1. The van der Waals surface area contributed by atoms with Gasteiger partial charge in [0.2, 0.25) is 0 Å². The molecule has 1 saturated heterocycles. The third-order valence-corrected chi connectivity index (χ3v) is 4.87. The second-order valence-corrected chi connectivity index (χ2v) is 6.90. The third kappa shape index (κ3) is 5.54. The molecule has 2 aliphatic rings. The van der Waals surface area contributed by atoms with E-state index in [-0.39, 0.29) is 42.3 Å². The highest BCUT2D eigenvalue weighted by atomic mass is 35.5. The molecule has 164 valence electrons. The second kappa shape index (κ2) is 9.82. The van der Waals surface area contributed by atoms with Crippen LogP contribution in [0.5, 0.6) is 11.5 Å². The van der Waals surface area contributed by atoms with E-state index in [9.17, 15) is 13.6 Å². The summed E-state index contributed by atoms with van der Waals surface area (Å²) in [6, 6.07) is 6.13. The number of nitrogens with zero attached hydrogens (tertiary/aromatic N) is 3. The zero-order valence-electron chi connectivity index (χ0n) is 15.5. The van der Waals surface area contributed by atoms with Crippen LogP contribution in [0.1, 0.15) is 5.56 Å². The number of halogens is 5. The van der Waals surface area contributed by atoms with E-state index >= 15 is 0 Å². The number of carbonyl (C=O) groups is 1. The summed E-state index contributed by atoms with van der Waals surface area (Å²) >= 11 is 6.03. The Morgan fingerprint density at radius 2 is 1.83 bits per heavy atom. The molecule has 2 aliphatic heterocycles. The number of alkyl halides is 2. The molecule has 1 N–H and O–H groups in total. The minimum Gasteiger partial charge on any atom is -0.395 e. The molecule has 0 atom stereocenters. The quantitative estimate of drug-likeness (QED) is 0.707. The minimum absolute atomic E-state index is 0. The van der Waals surface area contributed by atoms with Crippen LogP contribution in [0, 0.1) is 0 Å². The molecule has 4 rings (SSSR count). The number of piperazine rings is 1. The molecule has 30 heavy (non-hydrogen) atoms. The van der Waals surface area contributed by atoms with Crippen molar-refractivity contribution in [3.8, 4) is 11.5 Å². The van der Waals surface area contributed by atoms with Gasteiger partial charge in [0.15, 0.2) is 11.5 Å². The number of rotatable bonds is 3. The fraction of sp³-hybridized carbons (Fsp3) is 0.333. The lowest BCUT2D eigenvalue weighted by molar-refractivity contribution is -0.286. The summed E-state index contributed by atoms with van der Waals surface area (Å²) in [5.74, 6) is 0.0677. The van der Waals surface area contributed by atoms with E-state index in [0.29, 0.717) is 43.4 Å². The number of pyridine rings is 1. The van der Waals surface area contributed by atoms with Crippen LogP contribution < -0.4 is 14.8 Å². The molecule has 0 aliphatic carbocycles. The molecule has 0 unspecified atom stereocenters. The van der Waals surface area contributed by atoms with Crippen molar-refractivity contribution < 1.29 is 23.0 Å². The van der Waals surface area contributed by atoms with Crippen LogP contribution in [0.4, 0.5) is 19.3 Å². The number of hydrogen-bond donors (Lipinski definition) is 1. The van der Waals surface area contributed by atoms with Crippen molar-refractivity contribution in [1.29, 1.82) is 0 Å². The van der Waals surface area contributed by atoms with E-state index in [1.54, 1.807) is 29.3 Å². The van der Waals surface area contributed by atoms with Crippen molar-refractivity contribution in [2.45, 2.75) is 12.8 Å². The Morgan fingerprint density at radius 1 is 1.13 bits per heavy atom. The SMILES string of the molecule is Cl.Cl.O=C(Nc1cnccc1Cl)N1CCN(Cc2ccc3c(c2)OC(F)(F)O3)CC1. The van der Waals surface area contributed by atoms with Gasteiger partial charge in [-0.15, -0.1) is 33.6 Å². The Hall–Kier alpha value is -2.07. The van der Waals surface area contributed by atoms with Crippen LogP contribution >= 0.6 is 36.4 Å². The van der Waals surface area contributed by atoms with Crippen LogP contribution in [0.3, 0.4) is 0 Å². The van der Waals surface area contributed by atoms with Crippen molar-refractivity contribution in [3.05, 3.63) is 47.2 Å². The maximum atomic E-state index is 13.1. The summed E-state index contributed by atoms with van der Waals surface area (Å²) in [6.07, 6.45) is -0.565. The third-order valence-electron chi connectivity index (χ3n) is 4.54. The first-order valence-corrected chi connectivity index (χ1v) is 9.04. The Balaban J connectivity index is 0.00000160. The van der Waals surface area contributed by atoms with Crippen LogP contribution in [0.2, 0.25) is 5.02 Å². The topological polar surface area (TPSA) is 66.9 Å².